The molecule has 1 aromatic carbocycles. The van der Waals surface area contributed by atoms with E-state index in [1.807, 2.05) is 20.0 Å². The average molecular weight is 290 g/mol. The van der Waals surface area contributed by atoms with E-state index in [0.717, 1.165) is 5.56 Å². The van der Waals surface area contributed by atoms with Gasteiger partial charge in [-0.1, -0.05) is 12.1 Å². The van der Waals surface area contributed by atoms with Crippen molar-refractivity contribution >= 4 is 5.91 Å². The molecule has 0 aliphatic rings. The first-order valence-electron chi connectivity index (χ1n) is 6.75. The van der Waals surface area contributed by atoms with Gasteiger partial charge in [0, 0.05) is 12.2 Å². The molecule has 0 saturated heterocycles. The highest BCUT2D eigenvalue weighted by molar-refractivity contribution is 5.81. The molecule has 112 valence electrons. The Morgan fingerprint density at radius 3 is 2.62 bits per heavy atom. The summed E-state index contributed by atoms with van der Waals surface area (Å²) in [5.74, 6) is -0.841. The van der Waals surface area contributed by atoms with Gasteiger partial charge in [0.25, 0.3) is 0 Å². The monoisotopic (exact) mass is 290 g/mol. The zero-order chi connectivity index (χ0) is 15.4. The van der Waals surface area contributed by atoms with Gasteiger partial charge in [0.1, 0.15) is 11.9 Å². The maximum Gasteiger partial charge on any atom is 0.239 e. The first kappa shape index (κ1) is 15.2. The Morgan fingerprint density at radius 2 is 2.10 bits per heavy atom. The molecule has 5 nitrogen and oxygen atoms in total. The third-order valence-corrected chi connectivity index (χ3v) is 3.16. The number of amides is 1. The minimum absolute atomic E-state index is 0.0214. The van der Waals surface area contributed by atoms with Crippen molar-refractivity contribution in [2.75, 3.05) is 0 Å². The highest BCUT2D eigenvalue weighted by atomic mass is 19.1. The van der Waals surface area contributed by atoms with Gasteiger partial charge >= 0.3 is 0 Å². The summed E-state index contributed by atoms with van der Waals surface area (Å²) in [6, 6.07) is 5.07. The molecular formula is C15H19FN4O. The van der Waals surface area contributed by atoms with Crippen LogP contribution in [-0.2, 0) is 11.3 Å². The molecule has 2 aromatic rings. The predicted octanol–water partition coefficient (Wildman–Crippen LogP) is 1.54. The number of carbonyl (C=O) groups excluding carboxylic acids is 1. The third kappa shape index (κ3) is 4.13. The normalized spacial score (nSPS) is 13.9. The van der Waals surface area contributed by atoms with Crippen LogP contribution in [0.2, 0.25) is 0 Å². The van der Waals surface area contributed by atoms with Crippen LogP contribution in [-0.4, -0.2) is 21.7 Å². The molecule has 1 aromatic heterocycles. The number of aryl methyl sites for hydroxylation is 1. The zero-order valence-electron chi connectivity index (χ0n) is 12.1. The number of rotatable bonds is 6. The second kappa shape index (κ2) is 6.49. The summed E-state index contributed by atoms with van der Waals surface area (Å²) in [5, 5.41) is 7.36. The molecule has 3 N–H and O–H groups in total. The molecule has 2 atom stereocenters. The smallest absolute Gasteiger partial charge is 0.239 e. The second-order valence-electron chi connectivity index (χ2n) is 5.19. The molecule has 2 rings (SSSR count). The fourth-order valence-corrected chi connectivity index (χ4v) is 2.18. The molecule has 21 heavy (non-hydrogen) atoms. The van der Waals surface area contributed by atoms with Crippen LogP contribution in [0.3, 0.4) is 0 Å². The number of nitrogens with zero attached hydrogens (tertiary/aromatic N) is 2. The van der Waals surface area contributed by atoms with Crippen LogP contribution in [0.25, 0.3) is 0 Å². The van der Waals surface area contributed by atoms with Gasteiger partial charge in [-0.15, -0.1) is 0 Å². The van der Waals surface area contributed by atoms with E-state index in [1.54, 1.807) is 23.0 Å². The molecule has 2 unspecified atom stereocenters. The molecule has 0 fully saturated rings. The van der Waals surface area contributed by atoms with Crippen LogP contribution < -0.4 is 11.1 Å². The first-order valence-corrected chi connectivity index (χ1v) is 6.75. The molecule has 0 spiro atoms. The summed E-state index contributed by atoms with van der Waals surface area (Å²) in [7, 11) is 0. The summed E-state index contributed by atoms with van der Waals surface area (Å²) < 4.78 is 14.8. The van der Waals surface area contributed by atoms with Crippen LogP contribution in [0.4, 0.5) is 4.39 Å². The maximum absolute atomic E-state index is 13.0. The molecular weight excluding hydrogens is 271 g/mol. The number of benzene rings is 1. The van der Waals surface area contributed by atoms with Crippen molar-refractivity contribution in [3.05, 3.63) is 53.6 Å². The molecule has 1 amide bonds. The van der Waals surface area contributed by atoms with E-state index in [4.69, 9.17) is 5.73 Å². The van der Waals surface area contributed by atoms with Gasteiger partial charge in [-0.3, -0.25) is 14.8 Å². The van der Waals surface area contributed by atoms with Crippen LogP contribution in [0.1, 0.15) is 24.1 Å². The fraction of sp³-hybridized carbons (Fsp3) is 0.333. The van der Waals surface area contributed by atoms with Crippen molar-refractivity contribution in [2.24, 2.45) is 5.73 Å². The van der Waals surface area contributed by atoms with E-state index in [1.165, 1.54) is 12.1 Å². The Hall–Kier alpha value is -2.21. The minimum Gasteiger partial charge on any atom is -0.368 e. The highest BCUT2D eigenvalue weighted by Gasteiger charge is 2.20. The summed E-state index contributed by atoms with van der Waals surface area (Å²) >= 11 is 0. The summed E-state index contributed by atoms with van der Waals surface area (Å²) in [6.45, 7) is 4.52. The van der Waals surface area contributed by atoms with Crippen LogP contribution in [0.15, 0.2) is 36.7 Å². The van der Waals surface area contributed by atoms with Crippen molar-refractivity contribution in [3.8, 4) is 0 Å². The van der Waals surface area contributed by atoms with Gasteiger partial charge in [0.2, 0.25) is 5.91 Å². The topological polar surface area (TPSA) is 72.9 Å². The Balaban J connectivity index is 2.05. The summed E-state index contributed by atoms with van der Waals surface area (Å²) in [4.78, 5) is 11.6. The van der Waals surface area contributed by atoms with Gasteiger partial charge in [0.05, 0.1) is 12.7 Å². The van der Waals surface area contributed by atoms with E-state index in [9.17, 15) is 9.18 Å². The standard InChI is InChI=1S/C15H19FN4O/c1-10-7-18-20(8-10)9-11(2)19-14(15(17)21)12-3-5-13(16)6-4-12/h3-8,11,14,19H,9H2,1-2H3,(H2,17,21). The number of halogens is 1. The lowest BCUT2D eigenvalue weighted by Gasteiger charge is -2.21. The fourth-order valence-electron chi connectivity index (χ4n) is 2.18. The molecule has 6 heteroatoms. The Labute approximate surface area is 123 Å². The van der Waals surface area contributed by atoms with Crippen LogP contribution >= 0.6 is 0 Å². The number of hydrogen-bond donors (Lipinski definition) is 2. The molecule has 1 heterocycles. The van der Waals surface area contributed by atoms with Crippen molar-refractivity contribution in [1.29, 1.82) is 0 Å². The van der Waals surface area contributed by atoms with Crippen molar-refractivity contribution < 1.29 is 9.18 Å². The number of nitrogens with one attached hydrogen (secondary N) is 1. The van der Waals surface area contributed by atoms with E-state index >= 15 is 0 Å². The molecule has 0 bridgehead atoms. The third-order valence-electron chi connectivity index (χ3n) is 3.16. The number of aromatic nitrogens is 2. The van der Waals surface area contributed by atoms with Gasteiger partial charge in [0.15, 0.2) is 0 Å². The summed E-state index contributed by atoms with van der Waals surface area (Å²) in [5.41, 5.74) is 7.16. The maximum atomic E-state index is 13.0. The van der Waals surface area contributed by atoms with E-state index < -0.39 is 11.9 Å². The van der Waals surface area contributed by atoms with E-state index in [2.05, 4.69) is 10.4 Å². The van der Waals surface area contributed by atoms with Gasteiger partial charge in [-0.2, -0.15) is 5.10 Å². The second-order valence-corrected chi connectivity index (χ2v) is 5.19. The van der Waals surface area contributed by atoms with E-state index in [-0.39, 0.29) is 11.9 Å². The molecule has 0 saturated carbocycles. The predicted molar refractivity (Wildman–Crippen MR) is 77.9 cm³/mol. The number of primary amides is 1. The lowest BCUT2D eigenvalue weighted by molar-refractivity contribution is -0.120. The number of hydrogen-bond acceptors (Lipinski definition) is 3. The molecule has 0 radical (unpaired) electrons. The SMILES string of the molecule is Cc1cnn(CC(C)NC(C(N)=O)c2ccc(F)cc2)c1. The van der Waals surface area contributed by atoms with Crippen molar-refractivity contribution in [3.63, 3.8) is 0 Å². The lowest BCUT2D eigenvalue weighted by Crippen LogP contribution is -2.40. The quantitative estimate of drug-likeness (QED) is 0.847. The van der Waals surface area contributed by atoms with Crippen LogP contribution in [0, 0.1) is 12.7 Å². The number of nitrogens with two attached hydrogens (primary N) is 1. The zero-order valence-corrected chi connectivity index (χ0v) is 12.1. The largest absolute Gasteiger partial charge is 0.368 e. The molecule has 0 aliphatic carbocycles. The van der Waals surface area contributed by atoms with Crippen molar-refractivity contribution in [2.45, 2.75) is 32.5 Å². The highest BCUT2D eigenvalue weighted by Crippen LogP contribution is 2.14. The van der Waals surface area contributed by atoms with E-state index in [0.29, 0.717) is 12.1 Å². The minimum atomic E-state index is -0.655. The van der Waals surface area contributed by atoms with Crippen LogP contribution in [0.5, 0.6) is 0 Å². The van der Waals surface area contributed by atoms with Gasteiger partial charge in [-0.05, 0) is 37.1 Å². The Kier molecular flexibility index (Phi) is 4.70. The van der Waals surface area contributed by atoms with Gasteiger partial charge in [-0.25, -0.2) is 4.39 Å². The first-order chi connectivity index (χ1) is 9.95. The van der Waals surface area contributed by atoms with Gasteiger partial charge < -0.3 is 5.73 Å². The number of carbonyl (C=O) groups is 1. The Morgan fingerprint density at radius 1 is 1.43 bits per heavy atom. The Bertz CT molecular complexity index is 608. The van der Waals surface area contributed by atoms with Crippen molar-refractivity contribution in [1.82, 2.24) is 15.1 Å². The molecule has 0 aliphatic heterocycles. The lowest BCUT2D eigenvalue weighted by atomic mass is 10.1. The summed E-state index contributed by atoms with van der Waals surface area (Å²) in [6.07, 6.45) is 3.70. The average Bonchev–Trinajstić information content (AvgIpc) is 2.82.